The van der Waals surface area contributed by atoms with E-state index in [9.17, 15) is 31.5 Å². The molecular weight excluding hydrogens is 465 g/mol. The van der Waals surface area contributed by atoms with E-state index in [-0.39, 0.29) is 60.7 Å². The van der Waals surface area contributed by atoms with Crippen LogP contribution in [-0.2, 0) is 22.6 Å². The lowest BCUT2D eigenvalue weighted by Gasteiger charge is -2.32. The van der Waals surface area contributed by atoms with Crippen molar-refractivity contribution < 1.29 is 41.4 Å². The average molecular weight is 488 g/mol. The number of hydrogen-bond donors (Lipinski definition) is 3. The first-order valence-electron chi connectivity index (χ1n) is 10.1. The lowest BCUT2D eigenvalue weighted by molar-refractivity contribution is -0.137. The Morgan fingerprint density at radius 1 is 1.12 bits per heavy atom. The summed E-state index contributed by atoms with van der Waals surface area (Å²) in [5, 5.41) is 18.3. The SMILES string of the molecule is O=C(NO)c1c(CCO)cccc1S(=O)(=O)N1CCC(Oc2ccc(C(F)(F)F)cc2)CC1. The summed E-state index contributed by atoms with van der Waals surface area (Å²) in [6, 6.07) is 8.48. The van der Waals surface area contributed by atoms with Gasteiger partial charge in [-0.05, 0) is 55.2 Å². The number of piperidine rings is 1. The number of amides is 1. The van der Waals surface area contributed by atoms with Crippen molar-refractivity contribution in [2.45, 2.75) is 36.4 Å². The molecule has 180 valence electrons. The van der Waals surface area contributed by atoms with Crippen LogP contribution < -0.4 is 10.2 Å². The Labute approximate surface area is 188 Å². The van der Waals surface area contributed by atoms with Gasteiger partial charge in [-0.15, -0.1) is 0 Å². The Bertz CT molecular complexity index is 1080. The van der Waals surface area contributed by atoms with Crippen LogP contribution in [0, 0.1) is 0 Å². The first kappa shape index (κ1) is 25.0. The normalized spacial score (nSPS) is 15.9. The Morgan fingerprint density at radius 3 is 2.30 bits per heavy atom. The number of ether oxygens (including phenoxy) is 1. The van der Waals surface area contributed by atoms with Crippen LogP contribution in [-0.4, -0.2) is 54.7 Å². The number of hydroxylamine groups is 1. The Balaban J connectivity index is 1.73. The number of hydrogen-bond acceptors (Lipinski definition) is 6. The molecule has 8 nitrogen and oxygen atoms in total. The molecule has 0 atom stereocenters. The molecule has 0 saturated carbocycles. The minimum Gasteiger partial charge on any atom is -0.490 e. The van der Waals surface area contributed by atoms with Crippen molar-refractivity contribution in [3.63, 3.8) is 0 Å². The third kappa shape index (κ3) is 5.64. The fourth-order valence-electron chi connectivity index (χ4n) is 3.68. The molecule has 3 rings (SSSR count). The number of rotatable bonds is 7. The molecule has 0 spiro atoms. The first-order valence-corrected chi connectivity index (χ1v) is 11.5. The van der Waals surface area contributed by atoms with Crippen LogP contribution in [0.3, 0.4) is 0 Å². The van der Waals surface area contributed by atoms with Crippen LogP contribution in [0.15, 0.2) is 47.4 Å². The van der Waals surface area contributed by atoms with Crippen molar-refractivity contribution in [2.24, 2.45) is 0 Å². The van der Waals surface area contributed by atoms with Gasteiger partial charge in [0.1, 0.15) is 11.9 Å². The lowest BCUT2D eigenvalue weighted by Crippen LogP contribution is -2.42. The van der Waals surface area contributed by atoms with Crippen molar-refractivity contribution in [3.8, 4) is 5.75 Å². The van der Waals surface area contributed by atoms with Gasteiger partial charge in [-0.2, -0.15) is 17.5 Å². The summed E-state index contributed by atoms with van der Waals surface area (Å²) < 4.78 is 71.4. The molecule has 1 saturated heterocycles. The maximum Gasteiger partial charge on any atom is 0.416 e. The highest BCUT2D eigenvalue weighted by Crippen LogP contribution is 2.31. The van der Waals surface area contributed by atoms with Crippen molar-refractivity contribution in [1.29, 1.82) is 0 Å². The second kappa shape index (κ2) is 10.1. The molecule has 1 fully saturated rings. The molecule has 0 bridgehead atoms. The number of carbonyl (C=O) groups is 1. The van der Waals surface area contributed by atoms with Crippen LogP contribution in [0.5, 0.6) is 5.75 Å². The predicted molar refractivity (Wildman–Crippen MR) is 110 cm³/mol. The van der Waals surface area contributed by atoms with Crippen molar-refractivity contribution >= 4 is 15.9 Å². The monoisotopic (exact) mass is 488 g/mol. The Morgan fingerprint density at radius 2 is 1.76 bits per heavy atom. The molecule has 1 aliphatic rings. The molecule has 0 unspecified atom stereocenters. The second-order valence-corrected chi connectivity index (χ2v) is 9.35. The van der Waals surface area contributed by atoms with E-state index in [1.807, 2.05) is 0 Å². The molecule has 2 aromatic carbocycles. The molecule has 0 aliphatic carbocycles. The topological polar surface area (TPSA) is 116 Å². The van der Waals surface area contributed by atoms with E-state index in [2.05, 4.69) is 0 Å². The summed E-state index contributed by atoms with van der Waals surface area (Å²) in [7, 11) is -4.11. The number of nitrogens with one attached hydrogen (secondary N) is 1. The zero-order valence-electron chi connectivity index (χ0n) is 17.4. The van der Waals surface area contributed by atoms with Gasteiger partial charge in [0.25, 0.3) is 5.91 Å². The smallest absolute Gasteiger partial charge is 0.416 e. The molecule has 1 amide bonds. The highest BCUT2D eigenvalue weighted by atomic mass is 32.2. The van der Waals surface area contributed by atoms with E-state index in [1.165, 1.54) is 40.1 Å². The molecule has 1 heterocycles. The van der Waals surface area contributed by atoms with Crippen molar-refractivity contribution in [3.05, 3.63) is 59.2 Å². The molecule has 33 heavy (non-hydrogen) atoms. The van der Waals surface area contributed by atoms with E-state index < -0.39 is 33.8 Å². The van der Waals surface area contributed by atoms with E-state index in [0.717, 1.165) is 12.1 Å². The van der Waals surface area contributed by atoms with Gasteiger partial charge in [-0.3, -0.25) is 10.0 Å². The number of aliphatic hydroxyl groups excluding tert-OH is 1. The zero-order chi connectivity index (χ0) is 24.2. The van der Waals surface area contributed by atoms with Crippen molar-refractivity contribution in [2.75, 3.05) is 19.7 Å². The van der Waals surface area contributed by atoms with Gasteiger partial charge in [0.2, 0.25) is 10.0 Å². The molecule has 3 N–H and O–H groups in total. The molecular formula is C21H23F3N2O6S. The third-order valence-electron chi connectivity index (χ3n) is 5.33. The summed E-state index contributed by atoms with van der Waals surface area (Å²) >= 11 is 0. The summed E-state index contributed by atoms with van der Waals surface area (Å²) in [6.07, 6.45) is -4.24. The van der Waals surface area contributed by atoms with Gasteiger partial charge in [0.05, 0.1) is 16.0 Å². The third-order valence-corrected chi connectivity index (χ3v) is 7.27. The number of halogens is 3. The number of nitrogens with zero attached hydrogens (tertiary/aromatic N) is 1. The van der Waals surface area contributed by atoms with Crippen LogP contribution in [0.4, 0.5) is 13.2 Å². The van der Waals surface area contributed by atoms with E-state index in [1.54, 1.807) is 0 Å². The van der Waals surface area contributed by atoms with Gasteiger partial charge in [-0.1, -0.05) is 12.1 Å². The van der Waals surface area contributed by atoms with Gasteiger partial charge in [-0.25, -0.2) is 13.9 Å². The quantitative estimate of drug-likeness (QED) is 0.408. The highest BCUT2D eigenvalue weighted by Gasteiger charge is 2.34. The standard InChI is InChI=1S/C21H23F3N2O6S/c22-21(23,24)15-4-6-16(7-5-15)32-17-8-11-26(12-9-17)33(30,31)18-3-1-2-14(10-13-27)19(18)20(28)25-29/h1-7,17,27,29H,8-13H2,(H,25,28). The fourth-order valence-corrected chi connectivity index (χ4v) is 5.38. The van der Waals surface area contributed by atoms with E-state index in [4.69, 9.17) is 9.94 Å². The largest absolute Gasteiger partial charge is 0.490 e. The lowest BCUT2D eigenvalue weighted by atomic mass is 10.0. The number of benzene rings is 2. The molecule has 12 heteroatoms. The maximum atomic E-state index is 13.2. The van der Waals surface area contributed by atoms with E-state index in [0.29, 0.717) is 0 Å². The van der Waals surface area contributed by atoms with Crippen LogP contribution in [0.25, 0.3) is 0 Å². The van der Waals surface area contributed by atoms with Crippen LogP contribution in [0.2, 0.25) is 0 Å². The summed E-state index contributed by atoms with van der Waals surface area (Å²) in [5.74, 6) is -0.749. The Hall–Kier alpha value is -2.67. The minimum atomic E-state index is -4.45. The van der Waals surface area contributed by atoms with Gasteiger partial charge in [0, 0.05) is 19.7 Å². The number of aliphatic hydroxyl groups is 1. The molecule has 0 radical (unpaired) electrons. The molecule has 1 aliphatic heterocycles. The van der Waals surface area contributed by atoms with E-state index >= 15 is 0 Å². The predicted octanol–water partition coefficient (Wildman–Crippen LogP) is 2.59. The first-order chi connectivity index (χ1) is 15.6. The average Bonchev–Trinajstić information content (AvgIpc) is 2.79. The summed E-state index contributed by atoms with van der Waals surface area (Å²) in [4.78, 5) is 11.9. The highest BCUT2D eigenvalue weighted by molar-refractivity contribution is 7.89. The summed E-state index contributed by atoms with van der Waals surface area (Å²) in [6.45, 7) is -0.183. The number of sulfonamides is 1. The number of alkyl halides is 3. The van der Waals surface area contributed by atoms with Crippen molar-refractivity contribution in [1.82, 2.24) is 9.79 Å². The van der Waals surface area contributed by atoms with Crippen LogP contribution in [0.1, 0.15) is 34.3 Å². The zero-order valence-corrected chi connectivity index (χ0v) is 18.2. The minimum absolute atomic E-state index is 0.0230. The molecule has 2 aromatic rings. The van der Waals surface area contributed by atoms with Gasteiger partial charge < -0.3 is 9.84 Å². The Kier molecular flexibility index (Phi) is 7.62. The summed E-state index contributed by atoms with van der Waals surface area (Å²) in [5.41, 5.74) is 0.690. The fraction of sp³-hybridized carbons (Fsp3) is 0.381. The van der Waals surface area contributed by atoms with Crippen LogP contribution >= 0.6 is 0 Å². The number of carbonyl (C=O) groups excluding carboxylic acids is 1. The van der Waals surface area contributed by atoms with Gasteiger partial charge in [0.15, 0.2) is 0 Å². The second-order valence-electron chi connectivity index (χ2n) is 7.45. The van der Waals surface area contributed by atoms with Gasteiger partial charge >= 0.3 is 6.18 Å². The molecule has 0 aromatic heterocycles. The maximum absolute atomic E-state index is 13.2.